The van der Waals surface area contributed by atoms with Crippen LogP contribution in [0.2, 0.25) is 10.0 Å². The van der Waals surface area contributed by atoms with E-state index in [1.807, 2.05) is 60.7 Å². The molecule has 0 fully saturated rings. The van der Waals surface area contributed by atoms with Gasteiger partial charge in [0.15, 0.2) is 0 Å². The van der Waals surface area contributed by atoms with E-state index in [4.69, 9.17) is 28.2 Å². The lowest BCUT2D eigenvalue weighted by Gasteiger charge is -2.31. The summed E-state index contributed by atoms with van der Waals surface area (Å²) in [6, 6.07) is 20.7. The summed E-state index contributed by atoms with van der Waals surface area (Å²) < 4.78 is 0.917. The molecule has 0 radical (unpaired) electrons. The molecule has 0 saturated heterocycles. The van der Waals surface area contributed by atoms with Crippen molar-refractivity contribution in [3.8, 4) is 5.75 Å². The van der Waals surface area contributed by atoms with E-state index in [9.17, 15) is 5.11 Å². The molecule has 0 aliphatic carbocycles. The number of aliphatic imine (C=N–C) groups is 1. The van der Waals surface area contributed by atoms with Gasteiger partial charge in [0, 0.05) is 38.3 Å². The van der Waals surface area contributed by atoms with E-state index in [1.54, 1.807) is 6.07 Å². The molecule has 1 aliphatic rings. The predicted octanol–water partition coefficient (Wildman–Crippen LogP) is 6.68. The zero-order chi connectivity index (χ0) is 19.7. The fourth-order valence-corrected chi connectivity index (χ4v) is 3.97. The second-order valence-electron chi connectivity index (χ2n) is 6.66. The minimum Gasteiger partial charge on any atom is -0.508 e. The largest absolute Gasteiger partial charge is 0.508 e. The van der Waals surface area contributed by atoms with Crippen molar-refractivity contribution in [2.45, 2.75) is 18.6 Å². The average molecular weight is 476 g/mol. The van der Waals surface area contributed by atoms with Crippen LogP contribution in [0.15, 0.2) is 76.2 Å². The third-order valence-corrected chi connectivity index (χ3v) is 5.77. The van der Waals surface area contributed by atoms with Crippen LogP contribution in [0.3, 0.4) is 0 Å². The fraction of sp³-hybridized carbons (Fsp3) is 0.136. The number of nitrogens with zero attached hydrogens (tertiary/aromatic N) is 1. The van der Waals surface area contributed by atoms with Crippen molar-refractivity contribution < 1.29 is 5.11 Å². The number of benzene rings is 3. The molecule has 0 spiro atoms. The summed E-state index contributed by atoms with van der Waals surface area (Å²) in [5.41, 5.74) is 3.81. The first-order valence-electron chi connectivity index (χ1n) is 8.82. The van der Waals surface area contributed by atoms with Crippen molar-refractivity contribution in [1.29, 1.82) is 0 Å². The minimum atomic E-state index is -0.250. The molecule has 28 heavy (non-hydrogen) atoms. The second-order valence-corrected chi connectivity index (χ2v) is 8.45. The number of aromatic hydroxyl groups is 1. The molecule has 2 unspecified atom stereocenters. The zero-order valence-electron chi connectivity index (χ0n) is 14.7. The maximum Gasteiger partial charge on any atom is 0.126 e. The van der Waals surface area contributed by atoms with Crippen molar-refractivity contribution in [2.24, 2.45) is 4.99 Å². The number of rotatable bonds is 3. The van der Waals surface area contributed by atoms with E-state index in [2.05, 4.69) is 21.2 Å². The SMILES string of the molecule is Oc1ccc(Br)cc1C1CC(c2ccc(Cl)cc2)=NC(c2ccc(Cl)cc2)N1. The van der Waals surface area contributed by atoms with Crippen LogP contribution in [0.4, 0.5) is 0 Å². The molecule has 1 aliphatic heterocycles. The highest BCUT2D eigenvalue weighted by atomic mass is 79.9. The first-order chi connectivity index (χ1) is 13.5. The number of halogens is 3. The predicted molar refractivity (Wildman–Crippen MR) is 118 cm³/mol. The molecule has 0 amide bonds. The van der Waals surface area contributed by atoms with E-state index in [0.717, 1.165) is 26.9 Å². The van der Waals surface area contributed by atoms with Crippen molar-refractivity contribution in [2.75, 3.05) is 0 Å². The van der Waals surface area contributed by atoms with E-state index >= 15 is 0 Å². The van der Waals surface area contributed by atoms with Crippen LogP contribution in [-0.2, 0) is 0 Å². The van der Waals surface area contributed by atoms with Crippen LogP contribution in [0, 0.1) is 0 Å². The summed E-state index contributed by atoms with van der Waals surface area (Å²) in [5.74, 6) is 0.257. The highest BCUT2D eigenvalue weighted by molar-refractivity contribution is 9.10. The van der Waals surface area contributed by atoms with Gasteiger partial charge >= 0.3 is 0 Å². The molecule has 2 atom stereocenters. The van der Waals surface area contributed by atoms with Crippen LogP contribution in [0.5, 0.6) is 5.75 Å². The maximum atomic E-state index is 10.4. The molecule has 0 bridgehead atoms. The normalized spacial score (nSPS) is 19.3. The Morgan fingerprint density at radius 1 is 0.929 bits per heavy atom. The van der Waals surface area contributed by atoms with Gasteiger partial charge < -0.3 is 5.11 Å². The lowest BCUT2D eigenvalue weighted by molar-refractivity contribution is 0.412. The van der Waals surface area contributed by atoms with Crippen molar-refractivity contribution in [3.63, 3.8) is 0 Å². The Morgan fingerprint density at radius 2 is 1.57 bits per heavy atom. The van der Waals surface area contributed by atoms with Gasteiger partial charge in [0.2, 0.25) is 0 Å². The van der Waals surface area contributed by atoms with Crippen molar-refractivity contribution >= 4 is 44.8 Å². The Kier molecular flexibility index (Phi) is 5.74. The maximum absolute atomic E-state index is 10.4. The van der Waals surface area contributed by atoms with Gasteiger partial charge in [0.1, 0.15) is 11.9 Å². The summed E-state index contributed by atoms with van der Waals surface area (Å²) in [4.78, 5) is 4.94. The summed E-state index contributed by atoms with van der Waals surface area (Å²) in [6.45, 7) is 0. The Balaban J connectivity index is 1.76. The molecule has 0 saturated carbocycles. The lowest BCUT2D eigenvalue weighted by atomic mass is 9.93. The molecule has 3 aromatic carbocycles. The third kappa shape index (κ3) is 4.26. The van der Waals surface area contributed by atoms with E-state index in [0.29, 0.717) is 16.5 Å². The van der Waals surface area contributed by atoms with Gasteiger partial charge in [0.25, 0.3) is 0 Å². The Morgan fingerprint density at radius 3 is 2.25 bits per heavy atom. The Labute approximate surface area is 182 Å². The quantitative estimate of drug-likeness (QED) is 0.443. The monoisotopic (exact) mass is 474 g/mol. The molecule has 4 rings (SSSR count). The van der Waals surface area contributed by atoms with Crippen LogP contribution in [0.1, 0.15) is 35.3 Å². The molecule has 142 valence electrons. The van der Waals surface area contributed by atoms with Crippen LogP contribution in [0.25, 0.3) is 0 Å². The molecule has 0 aromatic heterocycles. The van der Waals surface area contributed by atoms with Gasteiger partial charge in [-0.3, -0.25) is 10.3 Å². The highest BCUT2D eigenvalue weighted by Crippen LogP contribution is 2.36. The molecule has 1 heterocycles. The Bertz CT molecular complexity index is 1020. The molecular weight excluding hydrogens is 459 g/mol. The van der Waals surface area contributed by atoms with E-state index in [1.165, 1.54) is 0 Å². The smallest absolute Gasteiger partial charge is 0.126 e. The summed E-state index contributed by atoms with van der Waals surface area (Å²) in [5, 5.41) is 15.4. The zero-order valence-corrected chi connectivity index (χ0v) is 17.8. The van der Waals surface area contributed by atoms with Crippen molar-refractivity contribution in [3.05, 3.63) is 97.9 Å². The highest BCUT2D eigenvalue weighted by Gasteiger charge is 2.27. The van der Waals surface area contributed by atoms with Crippen LogP contribution < -0.4 is 5.32 Å². The van der Waals surface area contributed by atoms with E-state index < -0.39 is 0 Å². The Hall–Kier alpha value is -1.85. The summed E-state index contributed by atoms with van der Waals surface area (Å²) >= 11 is 15.6. The van der Waals surface area contributed by atoms with Gasteiger partial charge in [-0.1, -0.05) is 63.4 Å². The summed E-state index contributed by atoms with van der Waals surface area (Å²) in [6.07, 6.45) is 0.399. The van der Waals surface area contributed by atoms with Gasteiger partial charge in [0.05, 0.1) is 0 Å². The first-order valence-corrected chi connectivity index (χ1v) is 10.4. The van der Waals surface area contributed by atoms with E-state index in [-0.39, 0.29) is 18.0 Å². The number of hydrogen-bond donors (Lipinski definition) is 2. The topological polar surface area (TPSA) is 44.6 Å². The van der Waals surface area contributed by atoms with Crippen LogP contribution in [-0.4, -0.2) is 10.8 Å². The molecule has 2 N–H and O–H groups in total. The van der Waals surface area contributed by atoms with Gasteiger partial charge in [-0.15, -0.1) is 0 Å². The number of phenols is 1. The van der Waals surface area contributed by atoms with Crippen LogP contribution >= 0.6 is 39.1 Å². The first kappa shape index (κ1) is 19.5. The lowest BCUT2D eigenvalue weighted by Crippen LogP contribution is -2.33. The summed E-state index contributed by atoms with van der Waals surface area (Å²) in [7, 11) is 0. The van der Waals surface area contributed by atoms with Gasteiger partial charge in [-0.2, -0.15) is 0 Å². The molecular formula is C22H17BrCl2N2O. The second kappa shape index (κ2) is 8.26. The molecule has 3 nitrogen and oxygen atoms in total. The fourth-order valence-electron chi connectivity index (χ4n) is 3.34. The van der Waals surface area contributed by atoms with Crippen molar-refractivity contribution in [1.82, 2.24) is 5.32 Å². The standard InChI is InChI=1S/C22H17BrCl2N2O/c23-15-5-10-21(28)18(11-15)20-12-19(13-1-6-16(24)7-2-13)26-22(27-20)14-3-8-17(25)9-4-14/h1-11,20,22,27-28H,12H2. The molecule has 6 heteroatoms. The number of nitrogens with one attached hydrogen (secondary N) is 1. The number of phenolic OH excluding ortho intramolecular Hbond substituents is 1. The third-order valence-electron chi connectivity index (χ3n) is 4.77. The van der Waals surface area contributed by atoms with Gasteiger partial charge in [-0.25, -0.2) is 0 Å². The minimum absolute atomic E-state index is 0.0960. The number of hydrogen-bond acceptors (Lipinski definition) is 3. The molecule has 3 aromatic rings. The van der Waals surface area contributed by atoms with Gasteiger partial charge in [-0.05, 0) is 53.6 Å². The average Bonchev–Trinajstić information content (AvgIpc) is 2.70.